The zero-order valence-corrected chi connectivity index (χ0v) is 13.0. The van der Waals surface area contributed by atoms with E-state index in [2.05, 4.69) is 0 Å². The van der Waals surface area contributed by atoms with Gasteiger partial charge in [-0.3, -0.25) is 14.4 Å². The number of aliphatic carboxylic acids is 1. The first-order chi connectivity index (χ1) is 10.2. The smallest absolute Gasteiger partial charge is 0.304 e. The van der Waals surface area contributed by atoms with Gasteiger partial charge in [-0.05, 0) is 17.7 Å². The molecule has 118 valence electrons. The van der Waals surface area contributed by atoms with Crippen molar-refractivity contribution in [2.45, 2.75) is 25.7 Å². The number of anilines is 1. The van der Waals surface area contributed by atoms with Crippen LogP contribution in [0.25, 0.3) is 0 Å². The van der Waals surface area contributed by atoms with Crippen molar-refractivity contribution in [3.63, 3.8) is 0 Å². The molecule has 0 aliphatic carbocycles. The molecule has 1 saturated heterocycles. The first-order valence-electron chi connectivity index (χ1n) is 7.07. The molecule has 1 aliphatic rings. The Morgan fingerprint density at radius 3 is 2.27 bits per heavy atom. The Kier molecular flexibility index (Phi) is 4.21. The van der Waals surface area contributed by atoms with Crippen LogP contribution < -0.4 is 4.90 Å². The maximum absolute atomic E-state index is 12.0. The van der Waals surface area contributed by atoms with Crippen molar-refractivity contribution in [1.29, 1.82) is 0 Å². The third kappa shape index (κ3) is 3.27. The lowest BCUT2D eigenvalue weighted by molar-refractivity contribution is -0.138. The van der Waals surface area contributed by atoms with Crippen LogP contribution in [0.2, 0.25) is 0 Å². The maximum atomic E-state index is 12.0. The van der Waals surface area contributed by atoms with Gasteiger partial charge in [-0.2, -0.15) is 0 Å². The summed E-state index contributed by atoms with van der Waals surface area (Å²) in [6, 6.07) is 7.15. The zero-order valence-electron chi connectivity index (χ0n) is 13.0. The van der Waals surface area contributed by atoms with E-state index in [0.717, 1.165) is 5.56 Å². The molecule has 0 aromatic heterocycles. The minimum atomic E-state index is -0.853. The van der Waals surface area contributed by atoms with E-state index >= 15 is 0 Å². The molecule has 1 aliphatic heterocycles. The Morgan fingerprint density at radius 2 is 1.73 bits per heavy atom. The fourth-order valence-electron chi connectivity index (χ4n) is 2.53. The lowest BCUT2D eigenvalue weighted by Gasteiger charge is -2.32. The van der Waals surface area contributed by atoms with Crippen molar-refractivity contribution in [3.05, 3.63) is 29.8 Å². The number of piperazine rings is 1. The van der Waals surface area contributed by atoms with Gasteiger partial charge in [0.05, 0.1) is 13.0 Å². The van der Waals surface area contributed by atoms with Crippen LogP contribution in [0.5, 0.6) is 0 Å². The minimum Gasteiger partial charge on any atom is -0.481 e. The summed E-state index contributed by atoms with van der Waals surface area (Å²) < 4.78 is 0. The van der Waals surface area contributed by atoms with Crippen LogP contribution in [0.3, 0.4) is 0 Å². The highest BCUT2D eigenvalue weighted by atomic mass is 16.4. The average molecular weight is 304 g/mol. The summed E-state index contributed by atoms with van der Waals surface area (Å²) in [5.74, 6) is -1.08. The third-order valence-electron chi connectivity index (χ3n) is 3.95. The van der Waals surface area contributed by atoms with Crippen molar-refractivity contribution in [2.24, 2.45) is 0 Å². The van der Waals surface area contributed by atoms with Crippen molar-refractivity contribution in [2.75, 3.05) is 25.0 Å². The molecule has 1 aromatic carbocycles. The molecule has 6 nitrogen and oxygen atoms in total. The van der Waals surface area contributed by atoms with E-state index in [-0.39, 0.29) is 31.3 Å². The normalized spacial score (nSPS) is 16.1. The van der Waals surface area contributed by atoms with Crippen LogP contribution in [0, 0.1) is 0 Å². The summed E-state index contributed by atoms with van der Waals surface area (Å²) in [6.07, 6.45) is 0.0261. The van der Waals surface area contributed by atoms with E-state index in [1.54, 1.807) is 19.2 Å². The summed E-state index contributed by atoms with van der Waals surface area (Å²) in [7, 11) is 1.61. The van der Waals surface area contributed by atoms with E-state index in [1.165, 1.54) is 9.80 Å². The number of benzene rings is 1. The quantitative estimate of drug-likeness (QED) is 0.908. The second-order valence-electron chi connectivity index (χ2n) is 6.23. The molecule has 0 bridgehead atoms. The third-order valence-corrected chi connectivity index (χ3v) is 3.95. The first-order valence-corrected chi connectivity index (χ1v) is 7.07. The van der Waals surface area contributed by atoms with Gasteiger partial charge in [0.1, 0.15) is 6.54 Å². The molecule has 22 heavy (non-hydrogen) atoms. The predicted molar refractivity (Wildman–Crippen MR) is 81.7 cm³/mol. The van der Waals surface area contributed by atoms with Crippen LogP contribution >= 0.6 is 0 Å². The molecule has 0 atom stereocenters. The van der Waals surface area contributed by atoms with Gasteiger partial charge in [0.25, 0.3) is 0 Å². The second kappa shape index (κ2) is 5.79. The number of carbonyl (C=O) groups excluding carboxylic acids is 2. The Balaban J connectivity index is 2.20. The molecule has 0 spiro atoms. The monoisotopic (exact) mass is 304 g/mol. The van der Waals surface area contributed by atoms with Crippen LogP contribution in [-0.4, -0.2) is 47.9 Å². The van der Waals surface area contributed by atoms with Gasteiger partial charge in [-0.15, -0.1) is 0 Å². The topological polar surface area (TPSA) is 77.9 Å². The van der Waals surface area contributed by atoms with Crippen molar-refractivity contribution >= 4 is 23.5 Å². The molecule has 1 fully saturated rings. The predicted octanol–water partition coefficient (Wildman–Crippen LogP) is 1.24. The Morgan fingerprint density at radius 1 is 1.14 bits per heavy atom. The molecular weight excluding hydrogens is 284 g/mol. The number of amides is 2. The molecule has 0 saturated carbocycles. The van der Waals surface area contributed by atoms with E-state index in [1.807, 2.05) is 26.0 Å². The highest BCUT2D eigenvalue weighted by Crippen LogP contribution is 2.29. The number of carboxylic acid groups (broad SMARTS) is 1. The zero-order chi connectivity index (χ0) is 16.5. The average Bonchev–Trinajstić information content (AvgIpc) is 2.42. The Labute approximate surface area is 129 Å². The molecule has 2 rings (SSSR count). The van der Waals surface area contributed by atoms with Crippen LogP contribution in [0.4, 0.5) is 5.69 Å². The molecule has 1 aromatic rings. The van der Waals surface area contributed by atoms with Crippen LogP contribution in [0.1, 0.15) is 25.8 Å². The first kappa shape index (κ1) is 16.0. The van der Waals surface area contributed by atoms with E-state index in [9.17, 15) is 14.4 Å². The number of rotatable bonds is 4. The Bertz CT molecular complexity index is 607. The van der Waals surface area contributed by atoms with Crippen LogP contribution in [-0.2, 0) is 19.8 Å². The molecule has 0 unspecified atom stereocenters. The van der Waals surface area contributed by atoms with Crippen molar-refractivity contribution < 1.29 is 19.5 Å². The van der Waals surface area contributed by atoms with Gasteiger partial charge in [0, 0.05) is 18.2 Å². The summed E-state index contributed by atoms with van der Waals surface area (Å²) in [5, 5.41) is 8.96. The van der Waals surface area contributed by atoms with E-state index in [4.69, 9.17) is 5.11 Å². The van der Waals surface area contributed by atoms with Crippen LogP contribution in [0.15, 0.2) is 24.3 Å². The van der Waals surface area contributed by atoms with Gasteiger partial charge >= 0.3 is 5.97 Å². The largest absolute Gasteiger partial charge is 0.481 e. The van der Waals surface area contributed by atoms with Gasteiger partial charge in [0.2, 0.25) is 11.8 Å². The number of carboxylic acids is 1. The fourth-order valence-corrected chi connectivity index (χ4v) is 2.53. The lowest BCUT2D eigenvalue weighted by Crippen LogP contribution is -2.52. The maximum Gasteiger partial charge on any atom is 0.304 e. The number of nitrogens with zero attached hydrogens (tertiary/aromatic N) is 2. The summed E-state index contributed by atoms with van der Waals surface area (Å²) in [4.78, 5) is 37.5. The molecule has 1 N–H and O–H groups in total. The lowest BCUT2D eigenvalue weighted by atomic mass is 9.81. The summed E-state index contributed by atoms with van der Waals surface area (Å²) >= 11 is 0. The van der Waals surface area contributed by atoms with E-state index < -0.39 is 11.4 Å². The number of hydrogen-bond donors (Lipinski definition) is 1. The Hall–Kier alpha value is -2.37. The highest BCUT2D eigenvalue weighted by Gasteiger charge is 2.29. The fraction of sp³-hybridized carbons (Fsp3) is 0.438. The molecule has 0 radical (unpaired) electrons. The van der Waals surface area contributed by atoms with Gasteiger partial charge < -0.3 is 14.9 Å². The van der Waals surface area contributed by atoms with Crippen molar-refractivity contribution in [3.8, 4) is 0 Å². The highest BCUT2D eigenvalue weighted by molar-refractivity contribution is 6.04. The van der Waals surface area contributed by atoms with Gasteiger partial charge in [-0.1, -0.05) is 26.0 Å². The summed E-state index contributed by atoms with van der Waals surface area (Å²) in [5.41, 5.74) is 1.04. The van der Waals surface area contributed by atoms with Gasteiger partial charge in [-0.25, -0.2) is 0 Å². The molecule has 6 heteroatoms. The minimum absolute atomic E-state index is 0.0261. The number of carbonyl (C=O) groups is 3. The number of likely N-dealkylation sites (N-methyl/N-ethyl adjacent to an activating group) is 1. The van der Waals surface area contributed by atoms with E-state index in [0.29, 0.717) is 5.69 Å². The second-order valence-corrected chi connectivity index (χ2v) is 6.23. The SMILES string of the molecule is CN1CC(=O)N(c2ccc(C(C)(C)CC(=O)O)cc2)CC1=O. The van der Waals surface area contributed by atoms with Crippen molar-refractivity contribution in [1.82, 2.24) is 4.90 Å². The molecular formula is C16H20N2O4. The molecule has 2 amide bonds. The number of hydrogen-bond acceptors (Lipinski definition) is 3. The summed E-state index contributed by atoms with van der Waals surface area (Å²) in [6.45, 7) is 3.83. The van der Waals surface area contributed by atoms with Gasteiger partial charge in [0.15, 0.2) is 0 Å². The standard InChI is InChI=1S/C16H20N2O4/c1-16(2,8-15(21)22)11-4-6-12(7-5-11)18-10-13(19)17(3)9-14(18)20/h4-7H,8-10H2,1-3H3,(H,21,22). The molecule has 1 heterocycles.